The van der Waals surface area contributed by atoms with E-state index in [1.807, 2.05) is 0 Å². The average Bonchev–Trinajstić information content (AvgIpc) is 3.22. The van der Waals surface area contributed by atoms with Crippen molar-refractivity contribution in [2.45, 2.75) is 19.9 Å². The minimum absolute atomic E-state index is 0.0738. The van der Waals surface area contributed by atoms with Crippen LogP contribution in [0.3, 0.4) is 0 Å². The number of ether oxygens (including phenoxy) is 3. The number of rotatable bonds is 6. The fourth-order valence-corrected chi connectivity index (χ4v) is 3.19. The lowest BCUT2D eigenvalue weighted by Gasteiger charge is -2.30. The molecule has 8 nitrogen and oxygen atoms in total. The van der Waals surface area contributed by atoms with Crippen molar-refractivity contribution in [2.75, 3.05) is 13.7 Å². The summed E-state index contributed by atoms with van der Waals surface area (Å²) >= 11 is 5.23. The molecule has 0 radical (unpaired) electrons. The summed E-state index contributed by atoms with van der Waals surface area (Å²) in [6.07, 6.45) is 1.38. The molecule has 2 heterocycles. The van der Waals surface area contributed by atoms with Crippen LogP contribution in [-0.4, -0.2) is 30.8 Å². The third-order valence-electron chi connectivity index (χ3n) is 4.21. The van der Waals surface area contributed by atoms with Crippen molar-refractivity contribution in [3.05, 3.63) is 59.2 Å². The maximum absolute atomic E-state index is 12.5. The number of hydrogen-bond donors (Lipinski definition) is 2. The Kier molecular flexibility index (Phi) is 6.18. The number of furan rings is 1. The lowest BCUT2D eigenvalue weighted by atomic mass is 9.95. The molecule has 2 N–H and O–H groups in total. The first-order valence-electron chi connectivity index (χ1n) is 8.83. The number of nitrogens with one attached hydrogen (secondary N) is 2. The Morgan fingerprint density at radius 1 is 1.21 bits per heavy atom. The van der Waals surface area contributed by atoms with Crippen molar-refractivity contribution in [3.63, 3.8) is 0 Å². The van der Waals surface area contributed by atoms with Crippen LogP contribution >= 0.6 is 12.2 Å². The first-order chi connectivity index (χ1) is 13.9. The van der Waals surface area contributed by atoms with E-state index in [9.17, 15) is 9.59 Å². The third kappa shape index (κ3) is 4.40. The van der Waals surface area contributed by atoms with Crippen LogP contribution in [0, 0.1) is 0 Å². The van der Waals surface area contributed by atoms with Crippen LogP contribution in [0.5, 0.6) is 11.5 Å². The van der Waals surface area contributed by atoms with Gasteiger partial charge in [-0.25, -0.2) is 9.59 Å². The molecule has 1 unspecified atom stereocenters. The minimum Gasteiger partial charge on any atom is -0.493 e. The molecular weight excluding hydrogens is 396 g/mol. The Balaban J connectivity index is 1.93. The third-order valence-corrected chi connectivity index (χ3v) is 4.43. The quantitative estimate of drug-likeness (QED) is 0.418. The van der Waals surface area contributed by atoms with Gasteiger partial charge >= 0.3 is 11.9 Å². The highest BCUT2D eigenvalue weighted by Gasteiger charge is 2.31. The number of carbonyl (C=O) groups is 2. The van der Waals surface area contributed by atoms with Crippen LogP contribution < -0.4 is 20.1 Å². The SMILES string of the molecule is CCOC(=O)C1=C(C)NC(=S)NC1c1ccc(OC(=O)c2ccco2)c(OC)c1. The molecule has 1 aromatic carbocycles. The zero-order valence-corrected chi connectivity index (χ0v) is 16.9. The van der Waals surface area contributed by atoms with Crippen molar-refractivity contribution in [3.8, 4) is 11.5 Å². The average molecular weight is 416 g/mol. The summed E-state index contributed by atoms with van der Waals surface area (Å²) in [5, 5.41) is 6.39. The van der Waals surface area contributed by atoms with Crippen molar-refractivity contribution >= 4 is 29.3 Å². The van der Waals surface area contributed by atoms with Gasteiger partial charge in [-0.1, -0.05) is 6.07 Å². The molecule has 152 valence electrons. The van der Waals surface area contributed by atoms with E-state index >= 15 is 0 Å². The fourth-order valence-electron chi connectivity index (χ4n) is 2.92. The summed E-state index contributed by atoms with van der Waals surface area (Å²) in [4.78, 5) is 24.6. The summed E-state index contributed by atoms with van der Waals surface area (Å²) in [6.45, 7) is 3.74. The van der Waals surface area contributed by atoms with Gasteiger partial charge in [-0.15, -0.1) is 0 Å². The van der Waals surface area contributed by atoms with Gasteiger partial charge in [-0.2, -0.15) is 0 Å². The van der Waals surface area contributed by atoms with Gasteiger partial charge in [-0.05, 0) is 55.9 Å². The highest BCUT2D eigenvalue weighted by atomic mass is 32.1. The Hall–Kier alpha value is -3.33. The molecule has 0 saturated heterocycles. The maximum atomic E-state index is 12.5. The second kappa shape index (κ2) is 8.78. The molecule has 2 aromatic rings. The maximum Gasteiger partial charge on any atom is 0.379 e. The molecule has 0 saturated carbocycles. The lowest BCUT2D eigenvalue weighted by molar-refractivity contribution is -0.139. The molecule has 1 aliphatic rings. The number of esters is 2. The molecule has 0 bridgehead atoms. The molecule has 0 amide bonds. The second-order valence-electron chi connectivity index (χ2n) is 6.07. The first-order valence-corrected chi connectivity index (χ1v) is 9.24. The van der Waals surface area contributed by atoms with Gasteiger partial charge in [-0.3, -0.25) is 0 Å². The molecule has 1 aliphatic heterocycles. The van der Waals surface area contributed by atoms with Gasteiger partial charge in [0.1, 0.15) is 0 Å². The number of carbonyl (C=O) groups excluding carboxylic acids is 2. The zero-order chi connectivity index (χ0) is 21.0. The minimum atomic E-state index is -0.648. The predicted octanol–water partition coefficient (Wildman–Crippen LogP) is 2.86. The molecule has 9 heteroatoms. The van der Waals surface area contributed by atoms with E-state index in [1.165, 1.54) is 19.4 Å². The van der Waals surface area contributed by atoms with Gasteiger partial charge < -0.3 is 29.3 Å². The van der Waals surface area contributed by atoms with Crippen molar-refractivity contribution < 1.29 is 28.2 Å². The molecule has 29 heavy (non-hydrogen) atoms. The molecule has 1 aromatic heterocycles. The van der Waals surface area contributed by atoms with Crippen LogP contribution in [-0.2, 0) is 9.53 Å². The highest BCUT2D eigenvalue weighted by molar-refractivity contribution is 7.80. The van der Waals surface area contributed by atoms with E-state index < -0.39 is 18.0 Å². The van der Waals surface area contributed by atoms with E-state index in [0.717, 1.165) is 0 Å². The van der Waals surface area contributed by atoms with Crippen molar-refractivity contribution in [1.29, 1.82) is 0 Å². The first kappa shape index (κ1) is 20.4. The second-order valence-corrected chi connectivity index (χ2v) is 6.48. The Bertz CT molecular complexity index is 967. The molecular formula is C20H20N2O6S. The smallest absolute Gasteiger partial charge is 0.379 e. The monoisotopic (exact) mass is 416 g/mol. The Labute approximate surface area is 172 Å². The van der Waals surface area contributed by atoms with Crippen LogP contribution in [0.4, 0.5) is 0 Å². The van der Waals surface area contributed by atoms with Crippen LogP contribution in [0.2, 0.25) is 0 Å². The summed E-state index contributed by atoms with van der Waals surface area (Å²) in [7, 11) is 1.46. The van der Waals surface area contributed by atoms with Crippen molar-refractivity contribution in [2.24, 2.45) is 0 Å². The van der Waals surface area contributed by atoms with E-state index in [0.29, 0.717) is 27.7 Å². The molecule has 1 atom stereocenters. The predicted molar refractivity (Wildman–Crippen MR) is 108 cm³/mol. The number of benzene rings is 1. The van der Waals surface area contributed by atoms with Crippen LogP contribution in [0.25, 0.3) is 0 Å². The van der Waals surface area contributed by atoms with Gasteiger partial charge in [0, 0.05) is 5.70 Å². The van der Waals surface area contributed by atoms with Crippen LogP contribution in [0.15, 0.2) is 52.3 Å². The normalized spacial score (nSPS) is 16.0. The van der Waals surface area contributed by atoms with Crippen LogP contribution in [0.1, 0.15) is 36.0 Å². The molecule has 0 spiro atoms. The van der Waals surface area contributed by atoms with Gasteiger partial charge in [0.25, 0.3) is 0 Å². The summed E-state index contributed by atoms with van der Waals surface area (Å²) in [6, 6.07) is 7.51. The van der Waals surface area contributed by atoms with Gasteiger partial charge in [0.15, 0.2) is 16.6 Å². The van der Waals surface area contributed by atoms with E-state index in [2.05, 4.69) is 10.6 Å². The highest BCUT2D eigenvalue weighted by Crippen LogP contribution is 2.35. The summed E-state index contributed by atoms with van der Waals surface area (Å²) < 4.78 is 21.0. The number of methoxy groups -OCH3 is 1. The zero-order valence-electron chi connectivity index (χ0n) is 16.1. The lowest BCUT2D eigenvalue weighted by Crippen LogP contribution is -2.45. The Morgan fingerprint density at radius 2 is 2.00 bits per heavy atom. The number of thiocarbonyl (C=S) groups is 1. The Morgan fingerprint density at radius 3 is 2.66 bits per heavy atom. The number of allylic oxidation sites excluding steroid dienone is 1. The number of hydrogen-bond acceptors (Lipinski definition) is 7. The largest absolute Gasteiger partial charge is 0.493 e. The molecule has 0 aliphatic carbocycles. The van der Waals surface area contributed by atoms with E-state index in [1.54, 1.807) is 38.1 Å². The summed E-state index contributed by atoms with van der Waals surface area (Å²) in [5.74, 6) is -0.498. The molecule has 0 fully saturated rings. The van der Waals surface area contributed by atoms with Gasteiger partial charge in [0.2, 0.25) is 5.76 Å². The van der Waals surface area contributed by atoms with E-state index in [4.69, 9.17) is 30.8 Å². The summed E-state index contributed by atoms with van der Waals surface area (Å²) in [5.41, 5.74) is 1.69. The molecule has 3 rings (SSSR count). The van der Waals surface area contributed by atoms with Crippen molar-refractivity contribution in [1.82, 2.24) is 10.6 Å². The van der Waals surface area contributed by atoms with E-state index in [-0.39, 0.29) is 18.1 Å². The standard InChI is InChI=1S/C20H20N2O6S/c1-4-26-19(24)16-11(2)21-20(29)22-17(16)12-7-8-13(15(10-12)25-3)28-18(23)14-6-5-9-27-14/h5-10,17H,4H2,1-3H3,(H2,21,22,29). The topological polar surface area (TPSA) is 99.0 Å². The van der Waals surface area contributed by atoms with Gasteiger partial charge in [0.05, 0.1) is 31.6 Å². The fraction of sp³-hybridized carbons (Fsp3) is 0.250.